The average Bonchev–Trinajstić information content (AvgIpc) is 2.16. The first-order valence-corrected chi connectivity index (χ1v) is 5.25. The van der Waals surface area contributed by atoms with Crippen molar-refractivity contribution in [3.05, 3.63) is 34.9 Å². The summed E-state index contributed by atoms with van der Waals surface area (Å²) in [5.74, 6) is 0. The monoisotopic (exact) mass is 252 g/mol. The number of hydrogen-bond donors (Lipinski definition) is 1. The Morgan fingerprint density at radius 3 is 2.25 bits per heavy atom. The van der Waals surface area contributed by atoms with Crippen LogP contribution in [0.1, 0.15) is 25.3 Å². The van der Waals surface area contributed by atoms with Crippen molar-refractivity contribution in [2.75, 3.05) is 0 Å². The fraction of sp³-hybridized carbons (Fsp3) is 0.455. The van der Waals surface area contributed by atoms with Crippen LogP contribution in [0.4, 0.5) is 13.2 Å². The summed E-state index contributed by atoms with van der Waals surface area (Å²) in [6, 6.07) is 5.48. The van der Waals surface area contributed by atoms with Crippen molar-refractivity contribution in [3.63, 3.8) is 0 Å². The molecule has 1 atom stereocenters. The lowest BCUT2D eigenvalue weighted by atomic mass is 9.88. The maximum absolute atomic E-state index is 12.8. The summed E-state index contributed by atoms with van der Waals surface area (Å²) in [5, 5.41) is 9.72. The molecule has 16 heavy (non-hydrogen) atoms. The molecule has 0 aliphatic carbocycles. The second-order valence-electron chi connectivity index (χ2n) is 3.59. The van der Waals surface area contributed by atoms with Crippen molar-refractivity contribution in [3.8, 4) is 0 Å². The molecule has 1 N–H and O–H groups in total. The van der Waals surface area contributed by atoms with Crippen LogP contribution in [0.3, 0.4) is 0 Å². The van der Waals surface area contributed by atoms with E-state index in [1.54, 1.807) is 6.92 Å². The van der Waals surface area contributed by atoms with E-state index in [0.29, 0.717) is 0 Å². The van der Waals surface area contributed by atoms with Gasteiger partial charge in [-0.1, -0.05) is 43.1 Å². The molecule has 0 aromatic heterocycles. The molecule has 0 saturated heterocycles. The molecule has 0 fully saturated rings. The van der Waals surface area contributed by atoms with Crippen LogP contribution in [-0.2, 0) is 5.60 Å². The molecule has 1 aromatic carbocycles. The predicted octanol–water partition coefficient (Wildman–Crippen LogP) is 3.89. The third-order valence-corrected chi connectivity index (χ3v) is 2.73. The summed E-state index contributed by atoms with van der Waals surface area (Å²) in [5.41, 5.74) is -3.15. The zero-order valence-electron chi connectivity index (χ0n) is 8.68. The van der Waals surface area contributed by atoms with E-state index in [-0.39, 0.29) is 17.0 Å². The van der Waals surface area contributed by atoms with Crippen LogP contribution < -0.4 is 0 Å². The van der Waals surface area contributed by atoms with Crippen LogP contribution in [0.2, 0.25) is 5.02 Å². The minimum Gasteiger partial charge on any atom is -0.376 e. The van der Waals surface area contributed by atoms with Crippen molar-refractivity contribution >= 4 is 11.6 Å². The van der Waals surface area contributed by atoms with Gasteiger partial charge in [0.15, 0.2) is 5.60 Å². The van der Waals surface area contributed by atoms with Crippen LogP contribution in [0.25, 0.3) is 0 Å². The molecule has 0 spiro atoms. The standard InChI is InChI=1S/C11H12ClF3O/c1-2-7-10(16,11(13,14)15)8-5-3-4-6-9(8)12/h3-6,16H,2,7H2,1H3. The Hall–Kier alpha value is -0.740. The SMILES string of the molecule is CCCC(O)(c1ccccc1Cl)C(F)(F)F. The predicted molar refractivity (Wildman–Crippen MR) is 56.3 cm³/mol. The molecule has 1 rings (SSSR count). The van der Waals surface area contributed by atoms with Gasteiger partial charge in [0.25, 0.3) is 0 Å². The molecule has 0 aliphatic rings. The third-order valence-electron chi connectivity index (χ3n) is 2.40. The van der Waals surface area contributed by atoms with Gasteiger partial charge in [-0.05, 0) is 12.5 Å². The van der Waals surface area contributed by atoms with E-state index in [0.717, 1.165) is 0 Å². The molecule has 5 heteroatoms. The zero-order chi connectivity index (χ0) is 12.4. The molecule has 1 nitrogen and oxygen atoms in total. The minimum atomic E-state index is -4.73. The average molecular weight is 253 g/mol. The fourth-order valence-corrected chi connectivity index (χ4v) is 1.88. The number of halogens is 4. The lowest BCUT2D eigenvalue weighted by molar-refractivity contribution is -0.269. The maximum atomic E-state index is 12.8. The van der Waals surface area contributed by atoms with Crippen molar-refractivity contribution in [1.82, 2.24) is 0 Å². The van der Waals surface area contributed by atoms with Crippen LogP contribution in [0.5, 0.6) is 0 Å². The first-order chi connectivity index (χ1) is 7.33. The highest BCUT2D eigenvalue weighted by atomic mass is 35.5. The highest BCUT2D eigenvalue weighted by Gasteiger charge is 2.54. The number of rotatable bonds is 3. The van der Waals surface area contributed by atoms with E-state index in [4.69, 9.17) is 11.6 Å². The smallest absolute Gasteiger partial charge is 0.376 e. The van der Waals surface area contributed by atoms with Gasteiger partial charge in [-0.15, -0.1) is 0 Å². The molecule has 0 saturated carbocycles. The third kappa shape index (κ3) is 2.33. The van der Waals surface area contributed by atoms with Gasteiger partial charge in [-0.3, -0.25) is 0 Å². The highest BCUT2D eigenvalue weighted by molar-refractivity contribution is 6.31. The summed E-state index contributed by atoms with van der Waals surface area (Å²) in [7, 11) is 0. The highest BCUT2D eigenvalue weighted by Crippen LogP contribution is 2.44. The van der Waals surface area contributed by atoms with Gasteiger partial charge in [0.05, 0.1) is 0 Å². The van der Waals surface area contributed by atoms with Gasteiger partial charge < -0.3 is 5.11 Å². The Morgan fingerprint density at radius 2 is 1.81 bits per heavy atom. The molecule has 0 heterocycles. The Kier molecular flexibility index (Phi) is 3.86. The zero-order valence-corrected chi connectivity index (χ0v) is 9.44. The summed E-state index contributed by atoms with van der Waals surface area (Å²) in [4.78, 5) is 0. The van der Waals surface area contributed by atoms with E-state index >= 15 is 0 Å². The van der Waals surface area contributed by atoms with Crippen LogP contribution in [-0.4, -0.2) is 11.3 Å². The van der Waals surface area contributed by atoms with E-state index in [2.05, 4.69) is 0 Å². The van der Waals surface area contributed by atoms with Crippen molar-refractivity contribution in [2.45, 2.75) is 31.5 Å². The lowest BCUT2D eigenvalue weighted by Crippen LogP contribution is -2.42. The van der Waals surface area contributed by atoms with E-state index in [1.807, 2.05) is 0 Å². The second kappa shape index (κ2) is 4.63. The summed E-state index contributed by atoms with van der Waals surface area (Å²) in [6.07, 6.45) is -4.92. The maximum Gasteiger partial charge on any atom is 0.421 e. The second-order valence-corrected chi connectivity index (χ2v) is 4.00. The normalized spacial score (nSPS) is 15.9. The summed E-state index contributed by atoms with van der Waals surface area (Å²) >= 11 is 5.69. The van der Waals surface area contributed by atoms with Crippen LogP contribution >= 0.6 is 11.6 Å². The van der Waals surface area contributed by atoms with E-state index in [1.165, 1.54) is 24.3 Å². The van der Waals surface area contributed by atoms with Gasteiger partial charge in [0.2, 0.25) is 0 Å². The molecule has 1 aromatic rings. The minimum absolute atomic E-state index is 0.0734. The Morgan fingerprint density at radius 1 is 1.25 bits per heavy atom. The Labute approximate surface area is 96.9 Å². The van der Waals surface area contributed by atoms with Gasteiger partial charge >= 0.3 is 6.18 Å². The lowest BCUT2D eigenvalue weighted by Gasteiger charge is -2.31. The molecule has 0 aliphatic heterocycles. The molecule has 0 amide bonds. The van der Waals surface area contributed by atoms with E-state index in [9.17, 15) is 18.3 Å². The van der Waals surface area contributed by atoms with Crippen molar-refractivity contribution in [2.24, 2.45) is 0 Å². The largest absolute Gasteiger partial charge is 0.421 e. The van der Waals surface area contributed by atoms with Crippen molar-refractivity contribution < 1.29 is 18.3 Å². The Balaban J connectivity index is 3.28. The van der Waals surface area contributed by atoms with Crippen molar-refractivity contribution in [1.29, 1.82) is 0 Å². The fourth-order valence-electron chi connectivity index (χ4n) is 1.59. The topological polar surface area (TPSA) is 20.2 Å². The number of alkyl halides is 3. The molecule has 0 bridgehead atoms. The number of aliphatic hydroxyl groups is 1. The van der Waals surface area contributed by atoms with Gasteiger partial charge in [-0.25, -0.2) is 0 Å². The van der Waals surface area contributed by atoms with E-state index < -0.39 is 18.2 Å². The molecular weight excluding hydrogens is 241 g/mol. The van der Waals surface area contributed by atoms with Gasteiger partial charge in [0, 0.05) is 10.6 Å². The Bertz CT molecular complexity index is 364. The molecule has 1 unspecified atom stereocenters. The quantitative estimate of drug-likeness (QED) is 0.865. The summed E-state index contributed by atoms with van der Waals surface area (Å²) in [6.45, 7) is 1.58. The number of benzene rings is 1. The first kappa shape index (κ1) is 13.3. The molecular formula is C11H12ClF3O. The van der Waals surface area contributed by atoms with Crippen LogP contribution in [0.15, 0.2) is 24.3 Å². The number of hydrogen-bond acceptors (Lipinski definition) is 1. The molecule has 90 valence electrons. The van der Waals surface area contributed by atoms with Gasteiger partial charge in [-0.2, -0.15) is 13.2 Å². The first-order valence-electron chi connectivity index (χ1n) is 4.87. The molecule has 0 radical (unpaired) electrons. The van der Waals surface area contributed by atoms with Crippen LogP contribution in [0, 0.1) is 0 Å². The van der Waals surface area contributed by atoms with Gasteiger partial charge in [0.1, 0.15) is 0 Å². The summed E-state index contributed by atoms with van der Waals surface area (Å²) < 4.78 is 38.5.